The quantitative estimate of drug-likeness (QED) is 0.0262. The van der Waals surface area contributed by atoms with Crippen molar-refractivity contribution >= 4 is 17.9 Å². The normalized spacial score (nSPS) is 12.4. The first kappa shape index (κ1) is 62.4. The first-order chi connectivity index (χ1) is 32.0. The molecule has 6 nitrogen and oxygen atoms in total. The summed E-state index contributed by atoms with van der Waals surface area (Å²) in [6, 6.07) is 0. The molecule has 0 N–H and O–H groups in total. The Balaban J connectivity index is 4.13. The van der Waals surface area contributed by atoms with Crippen molar-refractivity contribution in [2.24, 2.45) is 0 Å². The zero-order valence-electron chi connectivity index (χ0n) is 43.3. The van der Waals surface area contributed by atoms with E-state index >= 15 is 0 Å². The Morgan fingerprint density at radius 1 is 0.308 bits per heavy atom. The number of ether oxygens (including phenoxy) is 3. The summed E-state index contributed by atoms with van der Waals surface area (Å²) in [7, 11) is 0. The molecule has 6 heteroatoms. The molecule has 0 spiro atoms. The zero-order valence-corrected chi connectivity index (χ0v) is 43.3. The largest absolute Gasteiger partial charge is 0.462 e. The maximum Gasteiger partial charge on any atom is 0.306 e. The van der Waals surface area contributed by atoms with Crippen molar-refractivity contribution in [3.05, 3.63) is 48.6 Å². The lowest BCUT2D eigenvalue weighted by Gasteiger charge is -2.18. The molecule has 0 fully saturated rings. The Labute approximate surface area is 403 Å². The Morgan fingerprint density at radius 3 is 0.877 bits per heavy atom. The van der Waals surface area contributed by atoms with E-state index in [1.165, 1.54) is 173 Å². The molecule has 0 aromatic heterocycles. The average molecular weight is 911 g/mol. The molecule has 0 aromatic carbocycles. The van der Waals surface area contributed by atoms with E-state index in [0.717, 1.165) is 77.0 Å². The van der Waals surface area contributed by atoms with Crippen LogP contribution in [0.3, 0.4) is 0 Å². The van der Waals surface area contributed by atoms with E-state index in [0.29, 0.717) is 19.3 Å². The molecule has 0 aliphatic carbocycles. The second-order valence-corrected chi connectivity index (χ2v) is 18.8. The number of allylic oxidation sites excluding steroid dienone is 8. The molecule has 0 aromatic rings. The summed E-state index contributed by atoms with van der Waals surface area (Å²) >= 11 is 0. The van der Waals surface area contributed by atoms with Gasteiger partial charge in [-0.2, -0.15) is 0 Å². The molecular weight excluding hydrogens is 805 g/mol. The fourth-order valence-electron chi connectivity index (χ4n) is 8.03. The molecule has 65 heavy (non-hydrogen) atoms. The summed E-state index contributed by atoms with van der Waals surface area (Å²) < 4.78 is 16.7. The van der Waals surface area contributed by atoms with Gasteiger partial charge in [0.15, 0.2) is 6.10 Å². The molecular formula is C59H106O6. The van der Waals surface area contributed by atoms with Gasteiger partial charge in [-0.25, -0.2) is 0 Å². The lowest BCUT2D eigenvalue weighted by Crippen LogP contribution is -2.30. The highest BCUT2D eigenvalue weighted by atomic mass is 16.6. The summed E-state index contributed by atoms with van der Waals surface area (Å²) in [4.78, 5) is 37.8. The lowest BCUT2D eigenvalue weighted by molar-refractivity contribution is -0.167. The third-order valence-electron chi connectivity index (χ3n) is 12.3. The van der Waals surface area contributed by atoms with Crippen LogP contribution in [0.15, 0.2) is 48.6 Å². The van der Waals surface area contributed by atoms with Gasteiger partial charge in [0.05, 0.1) is 0 Å². The van der Waals surface area contributed by atoms with Crippen molar-refractivity contribution in [2.75, 3.05) is 13.2 Å². The first-order valence-corrected chi connectivity index (χ1v) is 28.1. The summed E-state index contributed by atoms with van der Waals surface area (Å²) in [5, 5.41) is 0. The Kier molecular flexibility index (Phi) is 51.8. The van der Waals surface area contributed by atoms with E-state index in [1.54, 1.807) is 0 Å². The van der Waals surface area contributed by atoms with Crippen LogP contribution in [0.4, 0.5) is 0 Å². The maximum absolute atomic E-state index is 12.8. The van der Waals surface area contributed by atoms with Gasteiger partial charge in [0.2, 0.25) is 0 Å². The summed E-state index contributed by atoms with van der Waals surface area (Å²) in [5.41, 5.74) is 0. The molecule has 0 heterocycles. The van der Waals surface area contributed by atoms with Crippen LogP contribution >= 0.6 is 0 Å². The minimum absolute atomic E-state index is 0.0765. The van der Waals surface area contributed by atoms with Crippen molar-refractivity contribution in [1.29, 1.82) is 0 Å². The third kappa shape index (κ3) is 52.2. The van der Waals surface area contributed by atoms with Crippen LogP contribution in [0.5, 0.6) is 0 Å². The molecule has 0 radical (unpaired) electrons. The minimum Gasteiger partial charge on any atom is -0.462 e. The standard InChI is InChI=1S/C59H106O6/c1-4-7-10-13-16-18-20-22-24-26-27-28-29-30-31-32-33-34-36-37-39-41-43-46-49-52-58(61)64-55-56(54-63-57(60)51-48-45-15-12-9-6-3)65-59(62)53-50-47-44-42-40-38-35-25-23-21-19-17-14-11-8-5-2/h20,22,25-27,29-30,35,56H,4-19,21,23-24,28,31-34,36-55H2,1-3H3/b22-20-,27-26-,30-29-,35-25-. The lowest BCUT2D eigenvalue weighted by atomic mass is 10.1. The molecule has 0 aliphatic heterocycles. The highest BCUT2D eigenvalue weighted by molar-refractivity contribution is 5.71. The maximum atomic E-state index is 12.8. The van der Waals surface area contributed by atoms with Crippen LogP contribution in [-0.4, -0.2) is 37.2 Å². The number of unbranched alkanes of at least 4 members (excludes halogenated alkanes) is 32. The van der Waals surface area contributed by atoms with E-state index < -0.39 is 6.10 Å². The van der Waals surface area contributed by atoms with E-state index in [1.807, 2.05) is 0 Å². The predicted molar refractivity (Wildman–Crippen MR) is 279 cm³/mol. The smallest absolute Gasteiger partial charge is 0.306 e. The number of esters is 3. The zero-order chi connectivity index (χ0) is 47.2. The van der Waals surface area contributed by atoms with Gasteiger partial charge in [-0.15, -0.1) is 0 Å². The Morgan fingerprint density at radius 2 is 0.554 bits per heavy atom. The van der Waals surface area contributed by atoms with Crippen molar-refractivity contribution in [2.45, 2.75) is 297 Å². The fourth-order valence-corrected chi connectivity index (χ4v) is 8.03. The van der Waals surface area contributed by atoms with Crippen LogP contribution in [0, 0.1) is 0 Å². The second-order valence-electron chi connectivity index (χ2n) is 18.8. The van der Waals surface area contributed by atoms with Crippen LogP contribution in [0.25, 0.3) is 0 Å². The van der Waals surface area contributed by atoms with Gasteiger partial charge < -0.3 is 14.2 Å². The molecule has 1 atom stereocenters. The van der Waals surface area contributed by atoms with Crippen LogP contribution in [0.1, 0.15) is 290 Å². The van der Waals surface area contributed by atoms with Crippen LogP contribution in [-0.2, 0) is 28.6 Å². The third-order valence-corrected chi connectivity index (χ3v) is 12.3. The molecule has 378 valence electrons. The van der Waals surface area contributed by atoms with Gasteiger partial charge >= 0.3 is 17.9 Å². The summed E-state index contributed by atoms with van der Waals surface area (Å²) in [6.07, 6.45) is 65.6. The van der Waals surface area contributed by atoms with Crippen LogP contribution in [0.2, 0.25) is 0 Å². The number of carbonyl (C=O) groups excluding carboxylic acids is 3. The van der Waals surface area contributed by atoms with Crippen molar-refractivity contribution in [3.63, 3.8) is 0 Å². The topological polar surface area (TPSA) is 78.9 Å². The van der Waals surface area contributed by atoms with Crippen LogP contribution < -0.4 is 0 Å². The van der Waals surface area contributed by atoms with Gasteiger partial charge in [-0.1, -0.05) is 236 Å². The molecule has 0 rings (SSSR count). The number of hydrogen-bond acceptors (Lipinski definition) is 6. The van der Waals surface area contributed by atoms with E-state index in [4.69, 9.17) is 14.2 Å². The SMILES string of the molecule is CCCCCCC/C=C\C/C=C\C/C=C\CCCCCCCCCCCCC(=O)OCC(COC(=O)CCCCCCCC)OC(=O)CCCCCCC/C=C\CCCCCCCCC. The van der Waals surface area contributed by atoms with Gasteiger partial charge in [-0.3, -0.25) is 14.4 Å². The van der Waals surface area contributed by atoms with Crippen molar-refractivity contribution in [1.82, 2.24) is 0 Å². The molecule has 0 amide bonds. The molecule has 0 aliphatic rings. The minimum atomic E-state index is -0.774. The first-order valence-electron chi connectivity index (χ1n) is 28.1. The average Bonchev–Trinajstić information content (AvgIpc) is 3.30. The van der Waals surface area contributed by atoms with E-state index in [2.05, 4.69) is 69.4 Å². The van der Waals surface area contributed by atoms with Gasteiger partial charge in [0, 0.05) is 19.3 Å². The van der Waals surface area contributed by atoms with Gasteiger partial charge in [-0.05, 0) is 83.5 Å². The predicted octanol–water partition coefficient (Wildman–Crippen LogP) is 18.7. The fraction of sp³-hybridized carbons (Fsp3) is 0.814. The highest BCUT2D eigenvalue weighted by Gasteiger charge is 2.19. The van der Waals surface area contributed by atoms with Crippen molar-refractivity contribution < 1.29 is 28.6 Å². The highest BCUT2D eigenvalue weighted by Crippen LogP contribution is 2.15. The second kappa shape index (κ2) is 54.0. The van der Waals surface area contributed by atoms with Gasteiger partial charge in [0.1, 0.15) is 13.2 Å². The molecule has 0 saturated carbocycles. The molecule has 0 bridgehead atoms. The number of hydrogen-bond donors (Lipinski definition) is 0. The van der Waals surface area contributed by atoms with E-state index in [-0.39, 0.29) is 31.1 Å². The number of rotatable bonds is 51. The monoisotopic (exact) mass is 911 g/mol. The van der Waals surface area contributed by atoms with Crippen molar-refractivity contribution in [3.8, 4) is 0 Å². The van der Waals surface area contributed by atoms with Gasteiger partial charge in [0.25, 0.3) is 0 Å². The number of carbonyl (C=O) groups is 3. The van der Waals surface area contributed by atoms with E-state index in [9.17, 15) is 14.4 Å². The Hall–Kier alpha value is -2.63. The Bertz CT molecular complexity index is 1140. The summed E-state index contributed by atoms with van der Waals surface area (Å²) in [5.74, 6) is -0.889. The molecule has 1 unspecified atom stereocenters. The summed E-state index contributed by atoms with van der Waals surface area (Å²) in [6.45, 7) is 6.58. The molecule has 0 saturated heterocycles.